The second-order valence-corrected chi connectivity index (χ2v) is 4.73. The Hall–Kier alpha value is -1.91. The van der Waals surface area contributed by atoms with Crippen molar-refractivity contribution in [3.05, 3.63) is 17.0 Å². The van der Waals surface area contributed by atoms with Crippen LogP contribution in [0, 0.1) is 25.2 Å². The van der Waals surface area contributed by atoms with Crippen molar-refractivity contribution in [1.29, 1.82) is 5.26 Å². The Morgan fingerprint density at radius 3 is 2.86 bits per heavy atom. The first-order chi connectivity index (χ1) is 10.1. The highest BCUT2D eigenvalue weighted by Gasteiger charge is 2.13. The van der Waals surface area contributed by atoms with Crippen molar-refractivity contribution >= 4 is 5.91 Å². The van der Waals surface area contributed by atoms with Crippen LogP contribution in [0.15, 0.2) is 0 Å². The third kappa shape index (κ3) is 5.53. The van der Waals surface area contributed by atoms with Gasteiger partial charge in [-0.15, -0.1) is 0 Å². The predicted octanol–water partition coefficient (Wildman–Crippen LogP) is 0.266. The minimum Gasteiger partial charge on any atom is -0.383 e. The highest BCUT2D eigenvalue weighted by Crippen LogP contribution is 2.12. The number of nitriles is 1. The molecule has 0 fully saturated rings. The monoisotopic (exact) mass is 293 g/mol. The van der Waals surface area contributed by atoms with E-state index in [1.54, 1.807) is 11.8 Å². The molecule has 0 radical (unpaired) electrons. The largest absolute Gasteiger partial charge is 0.383 e. The number of methoxy groups -OCH3 is 1. The van der Waals surface area contributed by atoms with E-state index in [-0.39, 0.29) is 12.5 Å². The smallest absolute Gasteiger partial charge is 0.241 e. The Bertz CT molecular complexity index is 504. The van der Waals surface area contributed by atoms with Gasteiger partial charge in [-0.05, 0) is 13.8 Å². The summed E-state index contributed by atoms with van der Waals surface area (Å²) in [5.74, 6) is -0.130. The van der Waals surface area contributed by atoms with Gasteiger partial charge in [0.25, 0.3) is 0 Å². The van der Waals surface area contributed by atoms with Crippen LogP contribution in [0.25, 0.3) is 0 Å². The molecule has 0 atom stereocenters. The molecular formula is C14H23N5O2. The molecule has 0 saturated heterocycles. The van der Waals surface area contributed by atoms with E-state index in [4.69, 9.17) is 10.00 Å². The maximum Gasteiger partial charge on any atom is 0.241 e. The van der Waals surface area contributed by atoms with E-state index in [2.05, 4.69) is 15.7 Å². The van der Waals surface area contributed by atoms with Gasteiger partial charge in [0.2, 0.25) is 5.91 Å². The summed E-state index contributed by atoms with van der Waals surface area (Å²) in [5, 5.41) is 18.8. The molecule has 1 rings (SSSR count). The van der Waals surface area contributed by atoms with E-state index < -0.39 is 0 Å². The van der Waals surface area contributed by atoms with Crippen LogP contribution in [0.5, 0.6) is 0 Å². The van der Waals surface area contributed by atoms with Crippen LogP contribution in [-0.2, 0) is 22.6 Å². The quantitative estimate of drug-likeness (QED) is 0.637. The highest BCUT2D eigenvalue weighted by molar-refractivity contribution is 5.75. The van der Waals surface area contributed by atoms with Crippen molar-refractivity contribution in [3.63, 3.8) is 0 Å². The number of amides is 1. The van der Waals surface area contributed by atoms with Crippen LogP contribution in [0.1, 0.15) is 23.4 Å². The molecule has 0 aliphatic heterocycles. The molecule has 0 saturated carbocycles. The van der Waals surface area contributed by atoms with Crippen LogP contribution < -0.4 is 10.6 Å². The first-order valence-electron chi connectivity index (χ1n) is 6.96. The molecule has 7 nitrogen and oxygen atoms in total. The number of hydrogen-bond acceptors (Lipinski definition) is 5. The standard InChI is InChI=1S/C14H23N5O2/c1-11-13(9-16-7-8-21-3)12(2)19(18-11)10-14(20)17-6-4-5-15/h16H,4,6-10H2,1-3H3,(H,17,20). The average Bonchev–Trinajstić information content (AvgIpc) is 2.71. The third-order valence-electron chi connectivity index (χ3n) is 3.17. The number of nitrogens with one attached hydrogen (secondary N) is 2. The molecule has 0 spiro atoms. The molecule has 0 aliphatic carbocycles. The lowest BCUT2D eigenvalue weighted by atomic mass is 10.2. The summed E-state index contributed by atoms with van der Waals surface area (Å²) < 4.78 is 6.68. The Morgan fingerprint density at radius 1 is 1.43 bits per heavy atom. The van der Waals surface area contributed by atoms with E-state index in [1.165, 1.54) is 0 Å². The van der Waals surface area contributed by atoms with Gasteiger partial charge in [-0.2, -0.15) is 10.4 Å². The molecule has 21 heavy (non-hydrogen) atoms. The Kier molecular flexibility index (Phi) is 7.43. The number of hydrogen-bond donors (Lipinski definition) is 2. The SMILES string of the molecule is COCCNCc1c(C)nn(CC(=O)NCCC#N)c1C. The van der Waals surface area contributed by atoms with E-state index in [9.17, 15) is 4.79 Å². The zero-order chi connectivity index (χ0) is 15.7. The Labute approximate surface area is 125 Å². The van der Waals surface area contributed by atoms with Crippen LogP contribution in [-0.4, -0.2) is 42.5 Å². The first kappa shape index (κ1) is 17.1. The summed E-state index contributed by atoms with van der Waals surface area (Å²) in [6.45, 7) is 6.58. The average molecular weight is 293 g/mol. The number of nitrogens with zero attached hydrogens (tertiary/aromatic N) is 3. The number of carbonyl (C=O) groups is 1. The van der Waals surface area contributed by atoms with Gasteiger partial charge in [0.05, 0.1) is 24.8 Å². The minimum atomic E-state index is -0.130. The second kappa shape index (κ2) is 9.10. The van der Waals surface area contributed by atoms with Crippen LogP contribution >= 0.6 is 0 Å². The zero-order valence-electron chi connectivity index (χ0n) is 12.9. The lowest BCUT2D eigenvalue weighted by Gasteiger charge is -2.07. The van der Waals surface area contributed by atoms with E-state index in [0.717, 1.165) is 23.5 Å². The molecule has 0 unspecified atom stereocenters. The molecule has 0 bridgehead atoms. The van der Waals surface area contributed by atoms with Gasteiger partial charge >= 0.3 is 0 Å². The lowest BCUT2D eigenvalue weighted by Crippen LogP contribution is -2.29. The van der Waals surface area contributed by atoms with Crippen molar-refractivity contribution in [3.8, 4) is 6.07 Å². The first-order valence-corrected chi connectivity index (χ1v) is 6.96. The fraction of sp³-hybridized carbons (Fsp3) is 0.643. The van der Waals surface area contributed by atoms with E-state index in [1.807, 2.05) is 19.9 Å². The summed E-state index contributed by atoms with van der Waals surface area (Å²) in [7, 11) is 1.67. The molecule has 7 heteroatoms. The fourth-order valence-corrected chi connectivity index (χ4v) is 1.98. The Morgan fingerprint density at radius 2 is 2.19 bits per heavy atom. The molecule has 1 amide bonds. The van der Waals surface area contributed by atoms with Gasteiger partial charge in [0.1, 0.15) is 6.54 Å². The maximum absolute atomic E-state index is 11.7. The summed E-state index contributed by atoms with van der Waals surface area (Å²) >= 11 is 0. The highest BCUT2D eigenvalue weighted by atomic mass is 16.5. The predicted molar refractivity (Wildman–Crippen MR) is 78.5 cm³/mol. The van der Waals surface area contributed by atoms with Gasteiger partial charge in [0, 0.05) is 38.0 Å². The van der Waals surface area contributed by atoms with Gasteiger partial charge in [-0.25, -0.2) is 0 Å². The van der Waals surface area contributed by atoms with Gasteiger partial charge < -0.3 is 15.4 Å². The lowest BCUT2D eigenvalue weighted by molar-refractivity contribution is -0.121. The molecule has 116 valence electrons. The summed E-state index contributed by atoms with van der Waals surface area (Å²) in [5.41, 5.74) is 3.01. The summed E-state index contributed by atoms with van der Waals surface area (Å²) in [6, 6.07) is 1.99. The van der Waals surface area contributed by atoms with Gasteiger partial charge in [-0.3, -0.25) is 9.48 Å². The topological polar surface area (TPSA) is 92.0 Å². The maximum atomic E-state index is 11.7. The van der Waals surface area contributed by atoms with Crippen LogP contribution in [0.3, 0.4) is 0 Å². The third-order valence-corrected chi connectivity index (χ3v) is 3.17. The Balaban J connectivity index is 2.56. The number of rotatable bonds is 9. The molecule has 0 aromatic carbocycles. The number of carbonyl (C=O) groups excluding carboxylic acids is 1. The van der Waals surface area contributed by atoms with Crippen molar-refractivity contribution in [2.75, 3.05) is 26.8 Å². The van der Waals surface area contributed by atoms with Crippen molar-refractivity contribution in [1.82, 2.24) is 20.4 Å². The van der Waals surface area contributed by atoms with Gasteiger partial charge in [-0.1, -0.05) is 0 Å². The van der Waals surface area contributed by atoms with Crippen LogP contribution in [0.4, 0.5) is 0 Å². The van der Waals surface area contributed by atoms with E-state index in [0.29, 0.717) is 26.1 Å². The number of ether oxygens (including phenoxy) is 1. The molecule has 2 N–H and O–H groups in total. The van der Waals surface area contributed by atoms with Crippen LogP contribution in [0.2, 0.25) is 0 Å². The minimum absolute atomic E-state index is 0.130. The molecule has 1 aromatic rings. The van der Waals surface area contributed by atoms with Gasteiger partial charge in [0.15, 0.2) is 0 Å². The fourth-order valence-electron chi connectivity index (χ4n) is 1.98. The van der Waals surface area contributed by atoms with Crippen molar-refractivity contribution < 1.29 is 9.53 Å². The summed E-state index contributed by atoms with van der Waals surface area (Å²) in [4.78, 5) is 11.7. The zero-order valence-corrected chi connectivity index (χ0v) is 12.9. The van der Waals surface area contributed by atoms with Crippen molar-refractivity contribution in [2.45, 2.75) is 33.4 Å². The molecular weight excluding hydrogens is 270 g/mol. The number of aryl methyl sites for hydroxylation is 1. The number of aromatic nitrogens is 2. The second-order valence-electron chi connectivity index (χ2n) is 4.73. The summed E-state index contributed by atoms with van der Waals surface area (Å²) in [6.07, 6.45) is 0.317. The molecule has 1 heterocycles. The molecule has 1 aromatic heterocycles. The molecule has 0 aliphatic rings. The van der Waals surface area contributed by atoms with Crippen molar-refractivity contribution in [2.24, 2.45) is 0 Å². The van der Waals surface area contributed by atoms with E-state index >= 15 is 0 Å². The normalized spacial score (nSPS) is 10.4.